The van der Waals surface area contributed by atoms with Gasteiger partial charge >= 0.3 is 0 Å². The minimum Gasteiger partial charge on any atom is -0.330 e. The Morgan fingerprint density at radius 1 is 1.06 bits per heavy atom. The molecule has 0 unspecified atom stereocenters. The molecule has 2 aliphatic heterocycles. The lowest BCUT2D eigenvalue weighted by Gasteiger charge is -2.27. The predicted octanol–water partition coefficient (Wildman–Crippen LogP) is 5.33. The standard InChI is InChI=1S/C25H22ClN3O3S/c26-22-11-10-21(33-22)24(31)27-20-8-4-7-18-19(20)15-28(25(18)32)14-16-5-3-6-17(13-16)29-12-2-1-9-23(29)30/h3-8,10-11,13H,1-2,9,12,14-15H2,(H,27,31). The lowest BCUT2D eigenvalue weighted by molar-refractivity contribution is -0.119. The zero-order chi connectivity index (χ0) is 22.9. The quantitative estimate of drug-likeness (QED) is 0.538. The molecule has 0 radical (unpaired) electrons. The number of piperidine rings is 1. The number of benzene rings is 2. The Morgan fingerprint density at radius 2 is 1.91 bits per heavy atom. The summed E-state index contributed by atoms with van der Waals surface area (Å²) >= 11 is 7.16. The lowest BCUT2D eigenvalue weighted by atomic mass is 10.1. The smallest absolute Gasteiger partial charge is 0.265 e. The second-order valence-electron chi connectivity index (χ2n) is 8.22. The third-order valence-corrected chi connectivity index (χ3v) is 7.24. The van der Waals surface area contributed by atoms with Crippen LogP contribution in [0.4, 0.5) is 11.4 Å². The number of hydrogen-bond acceptors (Lipinski definition) is 4. The van der Waals surface area contributed by atoms with Crippen LogP contribution in [0.25, 0.3) is 0 Å². The summed E-state index contributed by atoms with van der Waals surface area (Å²) in [6, 6.07) is 16.6. The molecule has 0 aliphatic carbocycles. The largest absolute Gasteiger partial charge is 0.330 e. The van der Waals surface area contributed by atoms with Gasteiger partial charge in [0.25, 0.3) is 11.8 Å². The van der Waals surface area contributed by atoms with Crippen LogP contribution in [0.2, 0.25) is 4.34 Å². The molecule has 5 rings (SSSR count). The van der Waals surface area contributed by atoms with Gasteiger partial charge in [0.1, 0.15) is 0 Å². The number of amides is 3. The van der Waals surface area contributed by atoms with Crippen LogP contribution < -0.4 is 10.2 Å². The fourth-order valence-electron chi connectivity index (χ4n) is 4.38. The minimum absolute atomic E-state index is 0.0697. The Labute approximate surface area is 200 Å². The van der Waals surface area contributed by atoms with E-state index in [1.54, 1.807) is 29.2 Å². The van der Waals surface area contributed by atoms with Gasteiger partial charge in [-0.1, -0.05) is 29.8 Å². The van der Waals surface area contributed by atoms with Gasteiger partial charge < -0.3 is 15.1 Å². The molecular weight excluding hydrogens is 458 g/mol. The van der Waals surface area contributed by atoms with E-state index in [9.17, 15) is 14.4 Å². The van der Waals surface area contributed by atoms with E-state index in [1.165, 1.54) is 11.3 Å². The maximum Gasteiger partial charge on any atom is 0.265 e. The van der Waals surface area contributed by atoms with Gasteiger partial charge in [0.15, 0.2) is 0 Å². The van der Waals surface area contributed by atoms with E-state index in [2.05, 4.69) is 5.32 Å². The molecule has 0 bridgehead atoms. The zero-order valence-electron chi connectivity index (χ0n) is 17.8. The highest BCUT2D eigenvalue weighted by molar-refractivity contribution is 7.18. The summed E-state index contributed by atoms with van der Waals surface area (Å²) < 4.78 is 0.549. The normalized spacial score (nSPS) is 15.7. The van der Waals surface area contributed by atoms with Crippen LogP contribution in [0.5, 0.6) is 0 Å². The molecule has 3 aromatic rings. The Balaban J connectivity index is 1.33. The van der Waals surface area contributed by atoms with E-state index < -0.39 is 0 Å². The average molecular weight is 480 g/mol. The van der Waals surface area contributed by atoms with Crippen molar-refractivity contribution < 1.29 is 14.4 Å². The number of carbonyl (C=O) groups is 3. The molecule has 0 saturated carbocycles. The molecule has 1 aromatic heterocycles. The molecule has 168 valence electrons. The van der Waals surface area contributed by atoms with E-state index in [0.717, 1.165) is 36.2 Å². The molecule has 1 fully saturated rings. The Kier molecular flexibility index (Phi) is 5.91. The Hall–Kier alpha value is -3.16. The van der Waals surface area contributed by atoms with Crippen molar-refractivity contribution in [3.63, 3.8) is 0 Å². The number of hydrogen-bond donors (Lipinski definition) is 1. The number of carbonyl (C=O) groups excluding carboxylic acids is 3. The highest BCUT2D eigenvalue weighted by Crippen LogP contribution is 2.32. The molecular formula is C25H22ClN3O3S. The van der Waals surface area contributed by atoms with E-state index in [0.29, 0.717) is 40.0 Å². The van der Waals surface area contributed by atoms with E-state index in [-0.39, 0.29) is 17.7 Å². The molecule has 6 nitrogen and oxygen atoms in total. The Bertz CT molecular complexity index is 1260. The SMILES string of the molecule is O=C(Nc1cccc2c1CN(Cc1cccc(N3CCCCC3=O)c1)C2=O)c1ccc(Cl)s1. The van der Waals surface area contributed by atoms with Crippen molar-refractivity contribution in [1.29, 1.82) is 0 Å². The van der Waals surface area contributed by atoms with Gasteiger partial charge in [-0.25, -0.2) is 0 Å². The highest BCUT2D eigenvalue weighted by atomic mass is 35.5. The first-order valence-corrected chi connectivity index (χ1v) is 12.1. The molecule has 3 heterocycles. The zero-order valence-corrected chi connectivity index (χ0v) is 19.4. The summed E-state index contributed by atoms with van der Waals surface area (Å²) in [7, 11) is 0. The molecule has 0 spiro atoms. The molecule has 3 amide bonds. The molecule has 1 saturated heterocycles. The third kappa shape index (κ3) is 4.38. The van der Waals surface area contributed by atoms with E-state index in [1.807, 2.05) is 35.2 Å². The van der Waals surface area contributed by atoms with Gasteiger partial charge in [-0.3, -0.25) is 14.4 Å². The number of rotatable bonds is 5. The van der Waals surface area contributed by atoms with Gasteiger partial charge in [-0.2, -0.15) is 0 Å². The van der Waals surface area contributed by atoms with Crippen molar-refractivity contribution in [2.75, 3.05) is 16.8 Å². The van der Waals surface area contributed by atoms with Crippen molar-refractivity contribution in [2.24, 2.45) is 0 Å². The molecule has 2 aromatic carbocycles. The Morgan fingerprint density at radius 3 is 2.70 bits per heavy atom. The number of nitrogens with zero attached hydrogens (tertiary/aromatic N) is 2. The van der Waals surface area contributed by atoms with Crippen LogP contribution in [-0.2, 0) is 17.9 Å². The van der Waals surface area contributed by atoms with Crippen molar-refractivity contribution >= 4 is 52.0 Å². The monoisotopic (exact) mass is 479 g/mol. The van der Waals surface area contributed by atoms with Gasteiger partial charge in [0.2, 0.25) is 5.91 Å². The van der Waals surface area contributed by atoms with Crippen LogP contribution in [0.1, 0.15) is 50.4 Å². The average Bonchev–Trinajstić information content (AvgIpc) is 3.39. The van der Waals surface area contributed by atoms with Crippen molar-refractivity contribution in [3.8, 4) is 0 Å². The summed E-state index contributed by atoms with van der Waals surface area (Å²) in [6.07, 6.45) is 2.52. The fourth-order valence-corrected chi connectivity index (χ4v) is 5.32. The highest BCUT2D eigenvalue weighted by Gasteiger charge is 2.30. The maximum atomic E-state index is 13.1. The van der Waals surface area contributed by atoms with Crippen LogP contribution in [0.3, 0.4) is 0 Å². The van der Waals surface area contributed by atoms with E-state index >= 15 is 0 Å². The number of thiophene rings is 1. The topological polar surface area (TPSA) is 69.7 Å². The van der Waals surface area contributed by atoms with Crippen molar-refractivity contribution in [1.82, 2.24) is 4.90 Å². The number of halogens is 1. The second-order valence-corrected chi connectivity index (χ2v) is 9.94. The summed E-state index contributed by atoms with van der Waals surface area (Å²) in [5.41, 5.74) is 3.88. The van der Waals surface area contributed by atoms with Crippen molar-refractivity contribution in [2.45, 2.75) is 32.4 Å². The van der Waals surface area contributed by atoms with Crippen LogP contribution in [0, 0.1) is 0 Å². The molecule has 1 N–H and O–H groups in total. The first kappa shape index (κ1) is 21.7. The van der Waals surface area contributed by atoms with Gasteiger partial charge in [-0.15, -0.1) is 11.3 Å². The van der Waals surface area contributed by atoms with Crippen LogP contribution in [-0.4, -0.2) is 29.2 Å². The van der Waals surface area contributed by atoms with Gasteiger partial charge in [0.05, 0.1) is 9.21 Å². The molecule has 0 atom stereocenters. The second kappa shape index (κ2) is 9.00. The lowest BCUT2D eigenvalue weighted by Crippen LogP contribution is -2.35. The number of fused-ring (bicyclic) bond motifs is 1. The van der Waals surface area contributed by atoms with Crippen LogP contribution in [0.15, 0.2) is 54.6 Å². The third-order valence-electron chi connectivity index (χ3n) is 6.01. The van der Waals surface area contributed by atoms with E-state index in [4.69, 9.17) is 11.6 Å². The number of anilines is 2. The molecule has 2 aliphatic rings. The van der Waals surface area contributed by atoms with Crippen LogP contribution >= 0.6 is 22.9 Å². The maximum absolute atomic E-state index is 13.1. The van der Waals surface area contributed by atoms with Gasteiger partial charge in [-0.05, 0) is 54.8 Å². The molecule has 33 heavy (non-hydrogen) atoms. The minimum atomic E-state index is -0.245. The molecule has 8 heteroatoms. The van der Waals surface area contributed by atoms with Crippen molar-refractivity contribution in [3.05, 3.63) is 80.5 Å². The fraction of sp³-hybridized carbons (Fsp3) is 0.240. The summed E-state index contributed by atoms with van der Waals surface area (Å²) in [5.74, 6) is -0.166. The summed E-state index contributed by atoms with van der Waals surface area (Å²) in [5, 5.41) is 2.92. The first-order chi connectivity index (χ1) is 16.0. The summed E-state index contributed by atoms with van der Waals surface area (Å²) in [6.45, 7) is 1.56. The summed E-state index contributed by atoms with van der Waals surface area (Å²) in [4.78, 5) is 42.1. The first-order valence-electron chi connectivity index (χ1n) is 10.9. The predicted molar refractivity (Wildman–Crippen MR) is 130 cm³/mol. The number of nitrogens with one attached hydrogen (secondary N) is 1. The van der Waals surface area contributed by atoms with Gasteiger partial charge in [0, 0.05) is 48.6 Å².